The van der Waals surface area contributed by atoms with Crippen molar-refractivity contribution in [1.82, 2.24) is 14.9 Å². The van der Waals surface area contributed by atoms with Crippen LogP contribution < -0.4 is 29.0 Å². The molecule has 3 aliphatic carbocycles. The van der Waals surface area contributed by atoms with Crippen molar-refractivity contribution in [3.05, 3.63) is 116 Å². The molecule has 1 amide bonds. The van der Waals surface area contributed by atoms with Crippen molar-refractivity contribution >= 4 is 59.3 Å². The number of rotatable bonds is 9. The Labute approximate surface area is 455 Å². The van der Waals surface area contributed by atoms with Crippen LogP contribution in [0.5, 0.6) is 0 Å². The Bertz CT molecular complexity index is 2740. The zero-order chi connectivity index (χ0) is 52.9. The van der Waals surface area contributed by atoms with Crippen LogP contribution >= 0.6 is 0 Å². The molecule has 20 nitrogen and oxygen atoms in total. The maximum absolute atomic E-state index is 14.9. The molecule has 3 aromatic rings. The Morgan fingerprint density at radius 3 is 2.15 bits per heavy atom. The number of aliphatic hydroxyl groups excluding tert-OH is 3. The Morgan fingerprint density at radius 1 is 0.973 bits per heavy atom. The number of esters is 3. The number of hydrogen-bond acceptors (Lipinski definition) is 17. The summed E-state index contributed by atoms with van der Waals surface area (Å²) in [4.78, 5) is 92.8. The summed E-state index contributed by atoms with van der Waals surface area (Å²) in [6.45, 7) is 12.3. The number of aliphatic hydroxyl groups is 4. The van der Waals surface area contributed by atoms with Crippen molar-refractivity contribution in [3.8, 4) is 0 Å². The van der Waals surface area contributed by atoms with Gasteiger partial charge in [-0.2, -0.15) is 4.39 Å². The normalized spacial score (nSPS) is 30.4. The van der Waals surface area contributed by atoms with Crippen molar-refractivity contribution in [2.24, 2.45) is 16.7 Å². The number of fused-ring (bicyclic) bond motifs is 5. The third-order valence-electron chi connectivity index (χ3n) is 14.7. The number of alkyl carbamates (subject to hydrolysis) is 1. The zero-order valence-electron chi connectivity index (χ0n) is 42.6. The summed E-state index contributed by atoms with van der Waals surface area (Å²) >= 11 is 0. The predicted molar refractivity (Wildman–Crippen MR) is 257 cm³/mol. The topological polar surface area (TPSA) is 289 Å². The molecule has 2 saturated heterocycles. The van der Waals surface area contributed by atoms with Gasteiger partial charge in [0.2, 0.25) is 5.82 Å². The molecule has 4 fully saturated rings. The van der Waals surface area contributed by atoms with E-state index in [1.54, 1.807) is 83.1 Å². The molecule has 0 radical (unpaired) electrons. The average Bonchev–Trinajstić information content (AvgIpc) is 3.85. The van der Waals surface area contributed by atoms with Crippen molar-refractivity contribution < 1.29 is 91.0 Å². The number of carbonyl (C=O) groups excluding carboxylic acids is 5. The summed E-state index contributed by atoms with van der Waals surface area (Å²) in [5.74, 6) is -6.34. The molecule has 74 heavy (non-hydrogen) atoms. The fraction of sp³-hybridized carbons (Fsp3) is 0.549. The van der Waals surface area contributed by atoms with Gasteiger partial charge in [0.1, 0.15) is 41.8 Å². The van der Waals surface area contributed by atoms with E-state index < -0.39 is 136 Å². The fourth-order valence-corrected chi connectivity index (χ4v) is 11.0. The second-order valence-corrected chi connectivity index (χ2v) is 20.7. The van der Waals surface area contributed by atoms with Gasteiger partial charge < -0.3 is 66.6 Å². The second-order valence-electron chi connectivity index (χ2n) is 20.7. The van der Waals surface area contributed by atoms with Gasteiger partial charge in [0.15, 0.2) is 17.5 Å². The monoisotopic (exact) mass is 1070 g/mol. The number of ether oxygens (including phenoxy) is 6. The predicted octanol–water partition coefficient (Wildman–Crippen LogP) is -0.288. The summed E-state index contributed by atoms with van der Waals surface area (Å²) in [5, 5.41) is 51.6. The minimum absolute atomic E-state index is 0. The first-order valence-electron chi connectivity index (χ1n) is 23.6. The number of amides is 1. The number of carbonyl (C=O) groups is 5. The van der Waals surface area contributed by atoms with Crippen molar-refractivity contribution in [2.45, 2.75) is 147 Å². The first-order chi connectivity index (χ1) is 33.7. The molecule has 3 heterocycles. The van der Waals surface area contributed by atoms with Gasteiger partial charge in [-0.05, 0) is 76.3 Å². The summed E-state index contributed by atoms with van der Waals surface area (Å²) in [6.07, 6.45) is -9.56. The number of Topliss-reactive ketones (excluding diaryl/α,β-unsaturated/α-hetero) is 1. The molecule has 0 spiro atoms. The molecule has 2 aromatic carbocycles. The molecule has 6 N–H and O–H groups in total. The Kier molecular flexibility index (Phi) is 18.5. The van der Waals surface area contributed by atoms with Gasteiger partial charge in [-0.1, -0.05) is 62.4 Å². The minimum atomic E-state index is -2.35. The molecule has 3 unspecified atom stereocenters. The van der Waals surface area contributed by atoms with Crippen LogP contribution in [0.4, 0.5) is 9.18 Å². The number of hydrogen-bond donors (Lipinski definition) is 6. The van der Waals surface area contributed by atoms with Crippen LogP contribution in [0.3, 0.4) is 0 Å². The number of aromatic nitrogens is 2. The molecule has 12 atom stereocenters. The molecule has 8 rings (SSSR count). The van der Waals surface area contributed by atoms with E-state index in [9.17, 15) is 58.4 Å². The van der Waals surface area contributed by atoms with Crippen molar-refractivity contribution in [1.29, 1.82) is 0 Å². The van der Waals surface area contributed by atoms with Gasteiger partial charge in [-0.15, -0.1) is 0 Å². The SMILES string of the molecule is CC(=O)O[C@@]12CO[C@@H]1C[C@H](O)[C@@]1(C)C(=O)[C@H](O)C3=C(C)C(OC(=O)[C@H](O)[C@@H](NC(=O)OC(C)(C)C)c4ccccc4)C[C@@](O)(C(OC(=O)c4ccccc4)C12)C3(C)C.O=c1[nH]c(=O)n([C@H]2CCCO2)cc1F.[Cl-].[H+].[NaH]. The van der Waals surface area contributed by atoms with Gasteiger partial charge in [0, 0.05) is 31.8 Å². The number of halogens is 2. The average molecular weight is 1070 g/mol. The second kappa shape index (κ2) is 22.8. The quantitative estimate of drug-likeness (QED) is 0.0695. The zero-order valence-corrected chi connectivity index (χ0v) is 42.3. The maximum atomic E-state index is 14.9. The Hall–Kier alpha value is -4.81. The standard InChI is InChI=1S/C43H53NO14.C8H9FN2O3.ClH.Na.H/c1-22-26(55-37(51)32(48)30(24-15-11-9-12-16-24)44-38(52)58-39(3,4)5)20-43(53)35(56-36(50)25-17-13-10-14-18-25)33-41(8,34(49)31(47)29(22)40(43,6)7)27(46)19-28-42(33,21-54-28)57-23(2)45;9-5-4-11(6-2-1-3-14-6)8(13)10-7(5)12;;;/h9-18,26-28,30-33,35,46-48,53H,19-21H2,1-8H3,(H,44,52);4,6H,1-3H2,(H,10,12,13);1H;;/t26?,27-,28+,30-,31+,32+,33?,35?,41+,42-,43+;6-;;;/m01.../s1. The Balaban J connectivity index is 0.000000616. The molecule has 400 valence electrons. The first kappa shape index (κ1) is 60.1. The van der Waals surface area contributed by atoms with E-state index in [0.29, 0.717) is 18.6 Å². The molecular formula is C51H64ClFN3NaO17. The molecule has 2 aliphatic heterocycles. The summed E-state index contributed by atoms with van der Waals surface area (Å²) in [5.41, 5.74) is -9.77. The van der Waals surface area contributed by atoms with E-state index in [1.165, 1.54) is 26.0 Å². The van der Waals surface area contributed by atoms with E-state index in [-0.39, 0.29) is 73.1 Å². The fourth-order valence-electron chi connectivity index (χ4n) is 11.0. The van der Waals surface area contributed by atoms with Crippen LogP contribution in [0.2, 0.25) is 0 Å². The van der Waals surface area contributed by atoms with Crippen LogP contribution in [0, 0.1) is 22.6 Å². The van der Waals surface area contributed by atoms with Gasteiger partial charge in [-0.3, -0.25) is 23.9 Å². The summed E-state index contributed by atoms with van der Waals surface area (Å²) < 4.78 is 48.6. The van der Waals surface area contributed by atoms with E-state index in [0.717, 1.165) is 24.1 Å². The van der Waals surface area contributed by atoms with Gasteiger partial charge in [0.05, 0.1) is 41.8 Å². The number of benzene rings is 2. The van der Waals surface area contributed by atoms with Crippen LogP contribution in [-0.4, -0.2) is 156 Å². The summed E-state index contributed by atoms with van der Waals surface area (Å²) in [7, 11) is 0. The van der Waals surface area contributed by atoms with Crippen molar-refractivity contribution in [2.75, 3.05) is 13.2 Å². The van der Waals surface area contributed by atoms with Gasteiger partial charge in [-0.25, -0.2) is 19.2 Å². The number of H-pyrrole nitrogens is 1. The van der Waals surface area contributed by atoms with Crippen LogP contribution in [0.1, 0.15) is 111 Å². The molecule has 5 aliphatic rings. The molecule has 2 saturated carbocycles. The number of aromatic amines is 1. The van der Waals surface area contributed by atoms with Crippen LogP contribution in [-0.2, 0) is 42.8 Å². The van der Waals surface area contributed by atoms with Crippen molar-refractivity contribution in [3.63, 3.8) is 0 Å². The Morgan fingerprint density at radius 2 is 1.59 bits per heavy atom. The van der Waals surface area contributed by atoms with Crippen LogP contribution in [0.15, 0.2) is 87.6 Å². The third-order valence-corrected chi connectivity index (χ3v) is 14.7. The molecule has 2 bridgehead atoms. The number of nitrogens with one attached hydrogen (secondary N) is 2. The van der Waals surface area contributed by atoms with E-state index in [2.05, 4.69) is 5.32 Å². The molecule has 1 aromatic heterocycles. The summed E-state index contributed by atoms with van der Waals surface area (Å²) in [6, 6.07) is 14.6. The molecule has 23 heteroatoms. The van der Waals surface area contributed by atoms with E-state index in [1.807, 2.05) is 4.98 Å². The first-order valence-corrected chi connectivity index (χ1v) is 23.6. The van der Waals surface area contributed by atoms with E-state index in [4.69, 9.17) is 28.4 Å². The van der Waals surface area contributed by atoms with Crippen LogP contribution in [0.25, 0.3) is 0 Å². The third kappa shape index (κ3) is 11.2. The number of ketones is 1. The van der Waals surface area contributed by atoms with Gasteiger partial charge in [0.25, 0.3) is 5.56 Å². The molecular weight excluding hydrogens is 1000 g/mol. The van der Waals surface area contributed by atoms with Gasteiger partial charge >= 0.3 is 60.7 Å². The van der Waals surface area contributed by atoms with E-state index >= 15 is 0 Å². The number of nitrogens with zero attached hydrogens (tertiary/aromatic N) is 1.